The van der Waals surface area contributed by atoms with E-state index < -0.39 is 0 Å². The number of furan rings is 1. The van der Waals surface area contributed by atoms with Crippen molar-refractivity contribution >= 4 is 17.0 Å². The smallest absolute Gasteiger partial charge is 0.160 e. The van der Waals surface area contributed by atoms with Gasteiger partial charge in [0, 0.05) is 33.6 Å². The number of hydrogen-bond acceptors (Lipinski definition) is 3. The standard InChI is InChI=1S/C47H34N2O/c1-31-12-10-19-37(24-31)43-30-44(49-47(48-43)33-15-6-3-7-16-33)40-27-38(35-18-11-17-34(25-35)32-13-4-2-5-14-32)26-39(28-40)36-22-23-46-42(29-36)41-20-8-9-21-45(41)50-46/h2-28,30,36H,29H2,1H3. The van der Waals surface area contributed by atoms with Crippen LogP contribution < -0.4 is 0 Å². The first-order valence-corrected chi connectivity index (χ1v) is 17.2. The second-order valence-corrected chi connectivity index (χ2v) is 13.1. The van der Waals surface area contributed by atoms with Gasteiger partial charge in [-0.3, -0.25) is 0 Å². The molecular formula is C47H34N2O. The molecule has 0 saturated heterocycles. The van der Waals surface area contributed by atoms with Crippen molar-refractivity contribution in [2.45, 2.75) is 19.3 Å². The monoisotopic (exact) mass is 642 g/mol. The molecule has 50 heavy (non-hydrogen) atoms. The zero-order valence-electron chi connectivity index (χ0n) is 27.8. The van der Waals surface area contributed by atoms with E-state index in [1.165, 1.54) is 38.8 Å². The molecule has 1 aliphatic rings. The number of para-hydroxylation sites is 1. The maximum atomic E-state index is 6.23. The number of nitrogens with zero attached hydrogens (tertiary/aromatic N) is 2. The normalized spacial score (nSPS) is 13.7. The first-order chi connectivity index (χ1) is 24.6. The first kappa shape index (κ1) is 29.8. The highest BCUT2D eigenvalue weighted by molar-refractivity contribution is 5.86. The fourth-order valence-electron chi connectivity index (χ4n) is 7.14. The van der Waals surface area contributed by atoms with Crippen LogP contribution in [0.1, 0.15) is 28.4 Å². The first-order valence-electron chi connectivity index (χ1n) is 17.2. The molecule has 1 aliphatic carbocycles. The number of hydrogen-bond donors (Lipinski definition) is 0. The molecule has 238 valence electrons. The minimum Gasteiger partial charge on any atom is -0.456 e. The van der Waals surface area contributed by atoms with E-state index in [2.05, 4.69) is 153 Å². The van der Waals surface area contributed by atoms with Crippen molar-refractivity contribution in [3.05, 3.63) is 186 Å². The Labute approximate surface area is 292 Å². The van der Waals surface area contributed by atoms with E-state index >= 15 is 0 Å². The molecule has 0 fully saturated rings. The van der Waals surface area contributed by atoms with Gasteiger partial charge in [0.05, 0.1) is 11.4 Å². The molecule has 2 aromatic heterocycles. The topological polar surface area (TPSA) is 38.9 Å². The molecule has 0 amide bonds. The second-order valence-electron chi connectivity index (χ2n) is 13.1. The van der Waals surface area contributed by atoms with Gasteiger partial charge in [0.1, 0.15) is 11.3 Å². The summed E-state index contributed by atoms with van der Waals surface area (Å²) < 4.78 is 6.23. The second kappa shape index (κ2) is 12.6. The Morgan fingerprint density at radius 2 is 1.14 bits per heavy atom. The largest absolute Gasteiger partial charge is 0.456 e. The van der Waals surface area contributed by atoms with Crippen LogP contribution in [0.5, 0.6) is 0 Å². The van der Waals surface area contributed by atoms with Gasteiger partial charge < -0.3 is 4.42 Å². The third-order valence-corrected chi connectivity index (χ3v) is 9.69. The van der Waals surface area contributed by atoms with Crippen LogP contribution in [0.15, 0.2) is 168 Å². The Bertz CT molecular complexity index is 2530. The molecule has 0 N–H and O–H groups in total. The molecule has 0 radical (unpaired) electrons. The molecule has 1 atom stereocenters. The van der Waals surface area contributed by atoms with Crippen LogP contribution in [0.25, 0.3) is 73.2 Å². The lowest BCUT2D eigenvalue weighted by Crippen LogP contribution is -2.05. The van der Waals surface area contributed by atoms with Gasteiger partial charge in [0.15, 0.2) is 5.82 Å². The molecule has 3 heteroatoms. The highest BCUT2D eigenvalue weighted by Crippen LogP contribution is 2.40. The molecule has 0 bridgehead atoms. The van der Waals surface area contributed by atoms with Crippen molar-refractivity contribution in [3.63, 3.8) is 0 Å². The van der Waals surface area contributed by atoms with Crippen molar-refractivity contribution in [3.8, 4) is 56.2 Å². The highest BCUT2D eigenvalue weighted by Gasteiger charge is 2.23. The van der Waals surface area contributed by atoms with E-state index in [4.69, 9.17) is 14.4 Å². The van der Waals surface area contributed by atoms with Crippen LogP contribution in [-0.2, 0) is 6.42 Å². The predicted molar refractivity (Wildman–Crippen MR) is 206 cm³/mol. The van der Waals surface area contributed by atoms with Crippen LogP contribution in [0.3, 0.4) is 0 Å². The van der Waals surface area contributed by atoms with Gasteiger partial charge in [0.25, 0.3) is 0 Å². The number of aryl methyl sites for hydroxylation is 1. The van der Waals surface area contributed by atoms with E-state index in [1.807, 2.05) is 24.3 Å². The summed E-state index contributed by atoms with van der Waals surface area (Å²) in [4.78, 5) is 10.3. The Hall–Kier alpha value is -6.32. The Kier molecular flexibility index (Phi) is 7.51. The molecular weight excluding hydrogens is 609 g/mol. The average molecular weight is 643 g/mol. The van der Waals surface area contributed by atoms with E-state index in [9.17, 15) is 0 Å². The summed E-state index contributed by atoms with van der Waals surface area (Å²) in [6.45, 7) is 2.12. The molecule has 0 saturated carbocycles. The summed E-state index contributed by atoms with van der Waals surface area (Å²) >= 11 is 0. The molecule has 2 heterocycles. The number of fused-ring (bicyclic) bond motifs is 3. The molecule has 0 spiro atoms. The van der Waals surface area contributed by atoms with Crippen LogP contribution in [-0.4, -0.2) is 9.97 Å². The van der Waals surface area contributed by atoms with Gasteiger partial charge in [-0.15, -0.1) is 0 Å². The lowest BCUT2D eigenvalue weighted by Gasteiger charge is -2.20. The summed E-state index contributed by atoms with van der Waals surface area (Å²) in [5.41, 5.74) is 14.3. The Morgan fingerprint density at radius 3 is 1.94 bits per heavy atom. The summed E-state index contributed by atoms with van der Waals surface area (Å²) in [7, 11) is 0. The van der Waals surface area contributed by atoms with E-state index in [1.54, 1.807) is 0 Å². The number of benzene rings is 6. The summed E-state index contributed by atoms with van der Waals surface area (Å²) in [5.74, 6) is 1.84. The molecule has 8 aromatic rings. The van der Waals surface area contributed by atoms with Gasteiger partial charge >= 0.3 is 0 Å². The van der Waals surface area contributed by atoms with E-state index in [0.717, 1.165) is 51.4 Å². The van der Waals surface area contributed by atoms with Crippen LogP contribution in [0.2, 0.25) is 0 Å². The van der Waals surface area contributed by atoms with Crippen LogP contribution >= 0.6 is 0 Å². The molecule has 9 rings (SSSR count). The molecule has 6 aromatic carbocycles. The van der Waals surface area contributed by atoms with E-state index in [0.29, 0.717) is 5.82 Å². The number of allylic oxidation sites excluding steroid dienone is 1. The van der Waals surface area contributed by atoms with Gasteiger partial charge in [-0.1, -0.05) is 133 Å². The van der Waals surface area contributed by atoms with Crippen molar-refractivity contribution < 1.29 is 4.42 Å². The third-order valence-electron chi connectivity index (χ3n) is 9.69. The Morgan fingerprint density at radius 1 is 0.520 bits per heavy atom. The van der Waals surface area contributed by atoms with Crippen LogP contribution in [0, 0.1) is 6.92 Å². The fraction of sp³-hybridized carbons (Fsp3) is 0.0638. The van der Waals surface area contributed by atoms with E-state index in [-0.39, 0.29) is 5.92 Å². The van der Waals surface area contributed by atoms with Crippen molar-refractivity contribution in [2.75, 3.05) is 0 Å². The minimum absolute atomic E-state index is 0.172. The fourth-order valence-corrected chi connectivity index (χ4v) is 7.14. The summed E-state index contributed by atoms with van der Waals surface area (Å²) in [5, 5.41) is 1.19. The predicted octanol–water partition coefficient (Wildman–Crippen LogP) is 12.2. The minimum atomic E-state index is 0.172. The lowest BCUT2D eigenvalue weighted by atomic mass is 9.84. The maximum Gasteiger partial charge on any atom is 0.160 e. The summed E-state index contributed by atoms with van der Waals surface area (Å²) in [6.07, 6.45) is 5.31. The number of rotatable bonds is 6. The quantitative estimate of drug-likeness (QED) is 0.181. The zero-order valence-corrected chi connectivity index (χ0v) is 27.8. The highest BCUT2D eigenvalue weighted by atomic mass is 16.3. The van der Waals surface area contributed by atoms with Gasteiger partial charge in [-0.05, 0) is 83.6 Å². The Balaban J connectivity index is 1.22. The van der Waals surface area contributed by atoms with Crippen molar-refractivity contribution in [2.24, 2.45) is 0 Å². The van der Waals surface area contributed by atoms with Gasteiger partial charge in [-0.2, -0.15) is 0 Å². The average Bonchev–Trinajstić information content (AvgIpc) is 3.56. The lowest BCUT2D eigenvalue weighted by molar-refractivity contribution is 0.592. The number of aromatic nitrogens is 2. The maximum absolute atomic E-state index is 6.23. The van der Waals surface area contributed by atoms with Crippen LogP contribution in [0.4, 0.5) is 0 Å². The SMILES string of the molecule is Cc1cccc(-c2cc(-c3cc(-c4cccc(-c5ccccc5)c4)cc(C4C=Cc5oc6ccccc6c5C4)c3)nc(-c3ccccc3)n2)c1. The molecule has 3 nitrogen and oxygen atoms in total. The molecule has 0 aliphatic heterocycles. The third kappa shape index (κ3) is 5.73. The zero-order chi connectivity index (χ0) is 33.4. The van der Waals surface area contributed by atoms with Crippen molar-refractivity contribution in [1.29, 1.82) is 0 Å². The summed E-state index contributed by atoms with van der Waals surface area (Å²) in [6, 6.07) is 55.7. The van der Waals surface area contributed by atoms with Gasteiger partial charge in [0.2, 0.25) is 0 Å². The molecule has 1 unspecified atom stereocenters. The van der Waals surface area contributed by atoms with Crippen molar-refractivity contribution in [1.82, 2.24) is 9.97 Å². The van der Waals surface area contributed by atoms with Gasteiger partial charge in [-0.25, -0.2) is 9.97 Å².